The molecule has 0 saturated carbocycles. The van der Waals surface area contributed by atoms with E-state index in [1.807, 2.05) is 12.1 Å². The Kier molecular flexibility index (Phi) is 15.8. The van der Waals surface area contributed by atoms with Crippen molar-refractivity contribution in [2.45, 2.75) is 110 Å². The molecule has 0 fully saturated rings. The van der Waals surface area contributed by atoms with Crippen LogP contribution in [0.1, 0.15) is 109 Å². The molecule has 1 heterocycles. The quantitative estimate of drug-likeness (QED) is 0.269. The summed E-state index contributed by atoms with van der Waals surface area (Å²) in [6, 6.07) is 3.87. The Balaban J connectivity index is 2.19. The predicted molar refractivity (Wildman–Crippen MR) is 118 cm³/mol. The van der Waals surface area contributed by atoms with Crippen LogP contribution in [0.3, 0.4) is 0 Å². The summed E-state index contributed by atoms with van der Waals surface area (Å²) in [7, 11) is 0. The first-order valence-corrected chi connectivity index (χ1v) is 11.8. The minimum Gasteiger partial charge on any atom is -0.396 e. The Morgan fingerprint density at radius 1 is 0.929 bits per heavy atom. The van der Waals surface area contributed by atoms with Crippen molar-refractivity contribution in [3.05, 3.63) is 30.1 Å². The number of hydrogen-bond acceptors (Lipinski definition) is 3. The van der Waals surface area contributed by atoms with Gasteiger partial charge in [-0.05, 0) is 30.4 Å². The summed E-state index contributed by atoms with van der Waals surface area (Å²) in [5, 5.41) is 9.05. The number of nitrogens with zero attached hydrogens (tertiary/aromatic N) is 1. The molecule has 0 aromatic carbocycles. The molecule has 1 atom stereocenters. The van der Waals surface area contributed by atoms with Crippen molar-refractivity contribution in [3.63, 3.8) is 0 Å². The summed E-state index contributed by atoms with van der Waals surface area (Å²) >= 11 is 0. The number of unbranched alkanes of at least 4 members (excludes halogenated alkanes) is 10. The number of Topliss-reactive ketones (excluding diaryl/α,β-unsaturated/α-hetero) is 1. The van der Waals surface area contributed by atoms with Gasteiger partial charge in [-0.3, -0.25) is 9.78 Å². The van der Waals surface area contributed by atoms with E-state index in [4.69, 9.17) is 5.11 Å². The second-order valence-electron chi connectivity index (χ2n) is 8.34. The molecular weight excluding hydrogens is 346 g/mol. The van der Waals surface area contributed by atoms with Gasteiger partial charge in [0.15, 0.2) is 0 Å². The van der Waals surface area contributed by atoms with Crippen LogP contribution in [0, 0.1) is 5.92 Å². The second-order valence-corrected chi connectivity index (χ2v) is 8.34. The van der Waals surface area contributed by atoms with Crippen LogP contribution in [0.5, 0.6) is 0 Å². The molecule has 0 amide bonds. The average Bonchev–Trinajstić information content (AvgIpc) is 2.70. The standard InChI is InChI=1S/C25H43NO2/c1-2-3-4-5-6-7-8-9-10-11-15-23(16-12-13-19-27)20-25(28)21-24-17-14-18-26-22-24/h14,17-18,22-23,27H,2-13,15-16,19-21H2,1H3. The van der Waals surface area contributed by atoms with Gasteiger partial charge in [-0.1, -0.05) is 90.0 Å². The van der Waals surface area contributed by atoms with E-state index in [1.54, 1.807) is 12.4 Å². The van der Waals surface area contributed by atoms with Crippen molar-refractivity contribution in [1.82, 2.24) is 4.98 Å². The topological polar surface area (TPSA) is 50.2 Å². The number of hydrogen-bond donors (Lipinski definition) is 1. The largest absolute Gasteiger partial charge is 0.396 e. The zero-order valence-corrected chi connectivity index (χ0v) is 18.2. The number of pyridine rings is 1. The number of aromatic nitrogens is 1. The van der Waals surface area contributed by atoms with Crippen LogP contribution >= 0.6 is 0 Å². The van der Waals surface area contributed by atoms with Crippen LogP contribution in [0.2, 0.25) is 0 Å². The highest BCUT2D eigenvalue weighted by atomic mass is 16.2. The zero-order chi connectivity index (χ0) is 20.3. The molecule has 0 bridgehead atoms. The number of aliphatic hydroxyl groups excluding tert-OH is 1. The van der Waals surface area contributed by atoms with Crippen molar-refractivity contribution in [1.29, 1.82) is 0 Å². The maximum Gasteiger partial charge on any atom is 0.137 e. The van der Waals surface area contributed by atoms with Crippen molar-refractivity contribution in [3.8, 4) is 0 Å². The van der Waals surface area contributed by atoms with Crippen LogP contribution in [-0.4, -0.2) is 22.5 Å². The number of rotatable bonds is 19. The molecular formula is C25H43NO2. The molecule has 3 heteroatoms. The molecule has 0 radical (unpaired) electrons. The predicted octanol–water partition coefficient (Wildman–Crippen LogP) is 6.67. The normalized spacial score (nSPS) is 12.2. The van der Waals surface area contributed by atoms with Crippen molar-refractivity contribution in [2.24, 2.45) is 5.92 Å². The number of aliphatic hydroxyl groups is 1. The Morgan fingerprint density at radius 3 is 2.11 bits per heavy atom. The average molecular weight is 390 g/mol. The molecule has 28 heavy (non-hydrogen) atoms. The van der Waals surface area contributed by atoms with E-state index in [2.05, 4.69) is 11.9 Å². The van der Waals surface area contributed by atoms with Crippen LogP contribution in [0.25, 0.3) is 0 Å². The lowest BCUT2D eigenvalue weighted by atomic mass is 9.89. The van der Waals surface area contributed by atoms with Crippen LogP contribution < -0.4 is 0 Å². The third kappa shape index (κ3) is 13.9. The zero-order valence-electron chi connectivity index (χ0n) is 18.2. The summed E-state index contributed by atoms with van der Waals surface area (Å²) in [5.41, 5.74) is 1.01. The maximum absolute atomic E-state index is 12.5. The van der Waals surface area contributed by atoms with E-state index in [1.165, 1.54) is 64.2 Å². The molecule has 0 saturated heterocycles. The second kappa shape index (κ2) is 17.8. The molecule has 0 aliphatic rings. The first-order valence-electron chi connectivity index (χ1n) is 11.8. The summed E-state index contributed by atoms with van der Waals surface area (Å²) in [6.07, 6.45) is 22.3. The molecule has 1 N–H and O–H groups in total. The fourth-order valence-electron chi connectivity index (χ4n) is 3.94. The fraction of sp³-hybridized carbons (Fsp3) is 0.760. The Bertz CT molecular complexity index is 475. The van der Waals surface area contributed by atoms with E-state index >= 15 is 0 Å². The van der Waals surface area contributed by atoms with Gasteiger partial charge in [0.25, 0.3) is 0 Å². The van der Waals surface area contributed by atoms with Crippen molar-refractivity contribution in [2.75, 3.05) is 6.61 Å². The summed E-state index contributed by atoms with van der Waals surface area (Å²) in [4.78, 5) is 16.6. The Labute approximate surface area is 173 Å². The Hall–Kier alpha value is -1.22. The molecule has 160 valence electrons. The van der Waals surface area contributed by atoms with E-state index in [9.17, 15) is 4.79 Å². The molecule has 0 aliphatic carbocycles. The molecule has 1 rings (SSSR count). The minimum atomic E-state index is 0.259. The molecule has 1 aromatic heterocycles. The molecule has 0 aliphatic heterocycles. The smallest absolute Gasteiger partial charge is 0.137 e. The summed E-state index contributed by atoms with van der Waals surface area (Å²) in [6.45, 7) is 2.53. The van der Waals surface area contributed by atoms with Gasteiger partial charge in [0, 0.05) is 31.8 Å². The number of ketones is 1. The van der Waals surface area contributed by atoms with Gasteiger partial charge in [0.2, 0.25) is 0 Å². The lowest BCUT2D eigenvalue weighted by molar-refractivity contribution is -0.119. The lowest BCUT2D eigenvalue weighted by Gasteiger charge is -2.16. The van der Waals surface area contributed by atoms with E-state index in [0.29, 0.717) is 24.5 Å². The number of carbonyl (C=O) groups is 1. The monoisotopic (exact) mass is 389 g/mol. The van der Waals surface area contributed by atoms with Gasteiger partial charge < -0.3 is 5.11 Å². The van der Waals surface area contributed by atoms with Gasteiger partial charge in [0.1, 0.15) is 5.78 Å². The van der Waals surface area contributed by atoms with Gasteiger partial charge in [-0.2, -0.15) is 0 Å². The number of carbonyl (C=O) groups excluding carboxylic acids is 1. The van der Waals surface area contributed by atoms with E-state index in [0.717, 1.165) is 31.2 Å². The van der Waals surface area contributed by atoms with Crippen molar-refractivity contribution < 1.29 is 9.90 Å². The van der Waals surface area contributed by atoms with E-state index in [-0.39, 0.29) is 6.61 Å². The summed E-state index contributed by atoms with van der Waals surface area (Å²) < 4.78 is 0. The highest BCUT2D eigenvalue weighted by molar-refractivity contribution is 5.80. The van der Waals surface area contributed by atoms with Crippen LogP contribution in [-0.2, 0) is 11.2 Å². The van der Waals surface area contributed by atoms with E-state index < -0.39 is 0 Å². The molecule has 1 unspecified atom stereocenters. The third-order valence-electron chi connectivity index (χ3n) is 5.63. The SMILES string of the molecule is CCCCCCCCCCCCC(CCCCO)CC(=O)Cc1cccnc1. The van der Waals surface area contributed by atoms with Gasteiger partial charge in [-0.25, -0.2) is 0 Å². The molecule has 3 nitrogen and oxygen atoms in total. The first kappa shape index (κ1) is 24.8. The Morgan fingerprint density at radius 2 is 1.54 bits per heavy atom. The third-order valence-corrected chi connectivity index (χ3v) is 5.63. The van der Waals surface area contributed by atoms with Crippen molar-refractivity contribution >= 4 is 5.78 Å². The first-order chi connectivity index (χ1) is 13.8. The summed E-state index contributed by atoms with van der Waals surface area (Å²) in [5.74, 6) is 0.804. The van der Waals surface area contributed by atoms with Gasteiger partial charge >= 0.3 is 0 Å². The highest BCUT2D eigenvalue weighted by Crippen LogP contribution is 2.22. The lowest BCUT2D eigenvalue weighted by Crippen LogP contribution is -2.11. The highest BCUT2D eigenvalue weighted by Gasteiger charge is 2.14. The molecule has 0 spiro atoms. The maximum atomic E-state index is 12.5. The van der Waals surface area contributed by atoms with Crippen LogP contribution in [0.15, 0.2) is 24.5 Å². The van der Waals surface area contributed by atoms with Crippen LogP contribution in [0.4, 0.5) is 0 Å². The molecule has 1 aromatic rings. The van der Waals surface area contributed by atoms with Gasteiger partial charge in [0.05, 0.1) is 0 Å². The minimum absolute atomic E-state index is 0.259. The van der Waals surface area contributed by atoms with Gasteiger partial charge in [-0.15, -0.1) is 0 Å². The fourth-order valence-corrected chi connectivity index (χ4v) is 3.94.